The van der Waals surface area contributed by atoms with Crippen molar-refractivity contribution in [1.29, 1.82) is 0 Å². The minimum atomic E-state index is -0.729. The molecule has 1 aliphatic rings. The first-order chi connectivity index (χ1) is 7.54. The Kier molecular flexibility index (Phi) is 4.22. The lowest BCUT2D eigenvalue weighted by molar-refractivity contribution is -0.127. The van der Waals surface area contributed by atoms with Crippen molar-refractivity contribution in [3.8, 4) is 0 Å². The van der Waals surface area contributed by atoms with E-state index in [0.717, 1.165) is 12.8 Å². The molecule has 1 atom stereocenters. The number of nitrogens with two attached hydrogens (primary N) is 1. The molecule has 16 heavy (non-hydrogen) atoms. The summed E-state index contributed by atoms with van der Waals surface area (Å²) in [6, 6.07) is -0.148. The molecule has 0 aromatic carbocycles. The van der Waals surface area contributed by atoms with Gasteiger partial charge in [-0.25, -0.2) is 4.39 Å². The molecule has 0 saturated carbocycles. The van der Waals surface area contributed by atoms with Gasteiger partial charge in [0.05, 0.1) is 6.04 Å². The fourth-order valence-electron chi connectivity index (χ4n) is 1.66. The van der Waals surface area contributed by atoms with E-state index in [-0.39, 0.29) is 17.8 Å². The summed E-state index contributed by atoms with van der Waals surface area (Å²) in [6.07, 6.45) is 2.90. The van der Waals surface area contributed by atoms with Crippen LogP contribution in [0.5, 0.6) is 0 Å². The number of piperidine rings is 1. The molecular formula is C11H16FN3O. The molecule has 1 aliphatic heterocycles. The van der Waals surface area contributed by atoms with Crippen molar-refractivity contribution in [3.05, 3.63) is 25.1 Å². The highest BCUT2D eigenvalue weighted by atomic mass is 19.1. The molecule has 0 bridgehead atoms. The Morgan fingerprint density at radius 2 is 2.31 bits per heavy atom. The minimum absolute atomic E-state index is 0.127. The van der Waals surface area contributed by atoms with E-state index in [2.05, 4.69) is 18.2 Å². The minimum Gasteiger partial charge on any atom is -0.382 e. The molecule has 0 spiro atoms. The number of rotatable bonds is 3. The Bertz CT molecular complexity index is 338. The summed E-state index contributed by atoms with van der Waals surface area (Å²) in [7, 11) is 0. The summed E-state index contributed by atoms with van der Waals surface area (Å²) < 4.78 is 12.6. The van der Waals surface area contributed by atoms with E-state index in [1.807, 2.05) is 0 Å². The molecule has 4 nitrogen and oxygen atoms in total. The van der Waals surface area contributed by atoms with Crippen LogP contribution in [0.3, 0.4) is 0 Å². The van der Waals surface area contributed by atoms with Gasteiger partial charge in [-0.05, 0) is 18.9 Å². The SMILES string of the molecule is C=CC(=O)N1CCCC(N=C(N)C(=C)F)C1. The Labute approximate surface area is 94.3 Å². The molecule has 1 saturated heterocycles. The van der Waals surface area contributed by atoms with Gasteiger partial charge >= 0.3 is 0 Å². The maximum Gasteiger partial charge on any atom is 0.246 e. The van der Waals surface area contributed by atoms with Crippen LogP contribution in [0.2, 0.25) is 0 Å². The largest absolute Gasteiger partial charge is 0.382 e. The van der Waals surface area contributed by atoms with Crippen LogP contribution in [-0.4, -0.2) is 35.8 Å². The number of carbonyl (C=O) groups excluding carboxylic acids is 1. The van der Waals surface area contributed by atoms with Gasteiger partial charge in [0.2, 0.25) is 5.91 Å². The van der Waals surface area contributed by atoms with Gasteiger partial charge in [-0.2, -0.15) is 0 Å². The smallest absolute Gasteiger partial charge is 0.246 e. The predicted molar refractivity (Wildman–Crippen MR) is 61.7 cm³/mol. The fourth-order valence-corrected chi connectivity index (χ4v) is 1.66. The monoisotopic (exact) mass is 225 g/mol. The van der Waals surface area contributed by atoms with Gasteiger partial charge in [0.25, 0.3) is 0 Å². The van der Waals surface area contributed by atoms with E-state index in [1.54, 1.807) is 4.90 Å². The maximum absolute atomic E-state index is 12.6. The van der Waals surface area contributed by atoms with Crippen LogP contribution < -0.4 is 5.73 Å². The maximum atomic E-state index is 12.6. The summed E-state index contributed by atoms with van der Waals surface area (Å²) in [5, 5.41) is 0. The summed E-state index contributed by atoms with van der Waals surface area (Å²) in [6.45, 7) is 7.64. The highest BCUT2D eigenvalue weighted by molar-refractivity contribution is 5.94. The highest BCUT2D eigenvalue weighted by Crippen LogP contribution is 2.14. The van der Waals surface area contributed by atoms with Crippen molar-refractivity contribution in [1.82, 2.24) is 4.90 Å². The van der Waals surface area contributed by atoms with Crippen LogP contribution in [-0.2, 0) is 4.79 Å². The first-order valence-electron chi connectivity index (χ1n) is 5.14. The Hall–Kier alpha value is -1.65. The van der Waals surface area contributed by atoms with Crippen molar-refractivity contribution in [2.45, 2.75) is 18.9 Å². The second-order valence-electron chi connectivity index (χ2n) is 3.70. The van der Waals surface area contributed by atoms with E-state index in [1.165, 1.54) is 6.08 Å². The zero-order valence-corrected chi connectivity index (χ0v) is 9.16. The Balaban J connectivity index is 2.64. The topological polar surface area (TPSA) is 58.7 Å². The molecule has 1 fully saturated rings. The van der Waals surface area contributed by atoms with Crippen molar-refractivity contribution in [2.24, 2.45) is 10.7 Å². The summed E-state index contributed by atoms with van der Waals surface area (Å²) in [5.74, 6) is -1.04. The number of halogens is 1. The van der Waals surface area contributed by atoms with Crippen LogP contribution in [0.1, 0.15) is 12.8 Å². The number of amidine groups is 1. The summed E-state index contributed by atoms with van der Waals surface area (Å²) in [5.41, 5.74) is 5.35. The molecule has 2 N–H and O–H groups in total. The second kappa shape index (κ2) is 5.44. The molecule has 1 rings (SSSR count). The van der Waals surface area contributed by atoms with Crippen molar-refractivity contribution < 1.29 is 9.18 Å². The lowest BCUT2D eigenvalue weighted by Gasteiger charge is -2.30. The normalized spacial score (nSPS) is 21.7. The molecule has 0 aliphatic carbocycles. The third-order valence-electron chi connectivity index (χ3n) is 2.48. The van der Waals surface area contributed by atoms with Gasteiger partial charge < -0.3 is 10.6 Å². The fraction of sp³-hybridized carbons (Fsp3) is 0.455. The third kappa shape index (κ3) is 3.18. The number of hydrogen-bond donors (Lipinski definition) is 1. The van der Waals surface area contributed by atoms with E-state index in [0.29, 0.717) is 13.1 Å². The lowest BCUT2D eigenvalue weighted by atomic mass is 10.1. The molecule has 1 amide bonds. The van der Waals surface area contributed by atoms with Gasteiger partial charge in [0, 0.05) is 13.1 Å². The standard InChI is InChI=1S/C11H16FN3O/c1-3-10(16)15-6-4-5-9(7-15)14-11(13)8(2)12/h3,9H,1-2,4-7H2,(H2,13,14). The van der Waals surface area contributed by atoms with Gasteiger partial charge in [0.1, 0.15) is 0 Å². The summed E-state index contributed by atoms with van der Waals surface area (Å²) in [4.78, 5) is 17.0. The zero-order valence-electron chi connectivity index (χ0n) is 9.16. The second-order valence-corrected chi connectivity index (χ2v) is 3.70. The van der Waals surface area contributed by atoms with Gasteiger partial charge in [-0.15, -0.1) is 0 Å². The van der Waals surface area contributed by atoms with E-state index < -0.39 is 5.83 Å². The number of likely N-dealkylation sites (tertiary alicyclic amines) is 1. The number of aliphatic imine (C=N–C) groups is 1. The van der Waals surface area contributed by atoms with E-state index in [9.17, 15) is 9.18 Å². The molecule has 0 aromatic heterocycles. The molecule has 88 valence electrons. The highest BCUT2D eigenvalue weighted by Gasteiger charge is 2.22. The first kappa shape index (κ1) is 12.4. The van der Waals surface area contributed by atoms with Crippen LogP contribution in [0, 0.1) is 0 Å². The molecular weight excluding hydrogens is 209 g/mol. The van der Waals surface area contributed by atoms with Crippen LogP contribution in [0.25, 0.3) is 0 Å². The third-order valence-corrected chi connectivity index (χ3v) is 2.48. The molecule has 1 heterocycles. The first-order valence-corrected chi connectivity index (χ1v) is 5.14. The number of amides is 1. The van der Waals surface area contributed by atoms with Crippen molar-refractivity contribution in [3.63, 3.8) is 0 Å². The number of hydrogen-bond acceptors (Lipinski definition) is 2. The predicted octanol–water partition coefficient (Wildman–Crippen LogP) is 1.00. The number of nitrogens with zero attached hydrogens (tertiary/aromatic N) is 2. The summed E-state index contributed by atoms with van der Waals surface area (Å²) >= 11 is 0. The Morgan fingerprint density at radius 1 is 1.62 bits per heavy atom. The van der Waals surface area contributed by atoms with Gasteiger partial charge in [-0.1, -0.05) is 13.2 Å². The average Bonchev–Trinajstić information content (AvgIpc) is 2.28. The van der Waals surface area contributed by atoms with Gasteiger partial charge in [0.15, 0.2) is 11.7 Å². The van der Waals surface area contributed by atoms with Crippen molar-refractivity contribution in [2.75, 3.05) is 13.1 Å². The Morgan fingerprint density at radius 3 is 2.88 bits per heavy atom. The van der Waals surface area contributed by atoms with Crippen LogP contribution >= 0.6 is 0 Å². The van der Waals surface area contributed by atoms with E-state index >= 15 is 0 Å². The van der Waals surface area contributed by atoms with Gasteiger partial charge in [-0.3, -0.25) is 9.79 Å². The molecule has 1 unspecified atom stereocenters. The van der Waals surface area contributed by atoms with Crippen LogP contribution in [0.4, 0.5) is 4.39 Å². The molecule has 5 heteroatoms. The average molecular weight is 225 g/mol. The number of carbonyl (C=O) groups is 1. The quantitative estimate of drug-likeness (QED) is 0.442. The van der Waals surface area contributed by atoms with Crippen molar-refractivity contribution >= 4 is 11.7 Å². The molecule has 0 aromatic rings. The van der Waals surface area contributed by atoms with Crippen LogP contribution in [0.15, 0.2) is 30.1 Å². The molecule has 0 radical (unpaired) electrons. The van der Waals surface area contributed by atoms with E-state index in [4.69, 9.17) is 5.73 Å². The zero-order chi connectivity index (χ0) is 12.1. The lowest BCUT2D eigenvalue weighted by Crippen LogP contribution is -2.41.